The minimum atomic E-state index is -0.197. The summed E-state index contributed by atoms with van der Waals surface area (Å²) in [5.41, 5.74) is 1.99. The number of aromatic nitrogens is 2. The average Bonchev–Trinajstić information content (AvgIpc) is 3.38. The number of amides is 2. The number of hydrogen-bond donors (Lipinski definition) is 1. The monoisotopic (exact) mass is 396 g/mol. The number of nitrogens with zero attached hydrogens (tertiary/aromatic N) is 3. The third-order valence-corrected chi connectivity index (χ3v) is 5.09. The van der Waals surface area contributed by atoms with Crippen molar-refractivity contribution in [1.82, 2.24) is 20.4 Å². The number of benzene rings is 2. The Hall–Kier alpha value is -2.86. The highest BCUT2D eigenvalue weighted by Gasteiger charge is 2.34. The molecule has 1 aromatic heterocycles. The van der Waals surface area contributed by atoms with E-state index < -0.39 is 0 Å². The second kappa shape index (κ2) is 8.44. The maximum absolute atomic E-state index is 12.6. The molecule has 7 heteroatoms. The van der Waals surface area contributed by atoms with Gasteiger partial charge in [0, 0.05) is 23.7 Å². The highest BCUT2D eigenvalue weighted by molar-refractivity contribution is 6.30. The molecule has 0 radical (unpaired) electrons. The van der Waals surface area contributed by atoms with Gasteiger partial charge in [-0.1, -0.05) is 59.2 Å². The number of likely N-dealkylation sites (tertiary alicyclic amines) is 1. The largest absolute Gasteiger partial charge is 0.338 e. The van der Waals surface area contributed by atoms with Gasteiger partial charge in [-0.15, -0.1) is 0 Å². The van der Waals surface area contributed by atoms with E-state index in [1.807, 2.05) is 30.3 Å². The van der Waals surface area contributed by atoms with E-state index in [0.717, 1.165) is 24.8 Å². The van der Waals surface area contributed by atoms with Crippen LogP contribution in [-0.4, -0.2) is 34.2 Å². The highest BCUT2D eigenvalue weighted by Crippen LogP contribution is 2.32. The maximum Gasteiger partial charge on any atom is 0.318 e. The van der Waals surface area contributed by atoms with Gasteiger partial charge in [0.25, 0.3) is 0 Å². The lowest BCUT2D eigenvalue weighted by molar-refractivity contribution is 0.180. The molecule has 1 fully saturated rings. The van der Waals surface area contributed by atoms with Gasteiger partial charge in [-0.3, -0.25) is 0 Å². The van der Waals surface area contributed by atoms with Gasteiger partial charge >= 0.3 is 6.03 Å². The first-order valence-electron chi connectivity index (χ1n) is 9.38. The van der Waals surface area contributed by atoms with Crippen molar-refractivity contribution < 1.29 is 9.32 Å². The predicted molar refractivity (Wildman–Crippen MR) is 107 cm³/mol. The van der Waals surface area contributed by atoms with Crippen molar-refractivity contribution in [1.29, 1.82) is 0 Å². The van der Waals surface area contributed by atoms with Crippen molar-refractivity contribution in [2.24, 2.45) is 0 Å². The molecule has 1 saturated heterocycles. The molecule has 1 atom stereocenters. The molecule has 2 heterocycles. The summed E-state index contributed by atoms with van der Waals surface area (Å²) in [7, 11) is 0. The number of carbonyl (C=O) groups is 1. The molecule has 28 heavy (non-hydrogen) atoms. The summed E-state index contributed by atoms with van der Waals surface area (Å²) in [6.07, 6.45) is 2.51. The van der Waals surface area contributed by atoms with Gasteiger partial charge in [-0.05, 0) is 37.0 Å². The Bertz CT molecular complexity index is 944. The second-order valence-corrected chi connectivity index (χ2v) is 7.22. The Kier molecular flexibility index (Phi) is 5.58. The van der Waals surface area contributed by atoms with E-state index in [1.54, 1.807) is 17.0 Å². The van der Waals surface area contributed by atoms with Crippen LogP contribution < -0.4 is 5.32 Å². The fraction of sp³-hybridized carbons (Fsp3) is 0.286. The summed E-state index contributed by atoms with van der Waals surface area (Å²) >= 11 is 6.04. The van der Waals surface area contributed by atoms with Crippen LogP contribution in [-0.2, 0) is 6.42 Å². The fourth-order valence-electron chi connectivity index (χ4n) is 3.44. The first-order chi connectivity index (χ1) is 13.7. The van der Waals surface area contributed by atoms with E-state index >= 15 is 0 Å². The Morgan fingerprint density at radius 3 is 2.89 bits per heavy atom. The number of hydrogen-bond acceptors (Lipinski definition) is 4. The third-order valence-electron chi connectivity index (χ3n) is 4.86. The zero-order chi connectivity index (χ0) is 19.3. The molecule has 0 saturated carbocycles. The van der Waals surface area contributed by atoms with Crippen LogP contribution in [0.3, 0.4) is 0 Å². The molecule has 2 amide bonds. The van der Waals surface area contributed by atoms with Crippen LogP contribution in [0.15, 0.2) is 59.1 Å². The van der Waals surface area contributed by atoms with Crippen LogP contribution in [0, 0.1) is 0 Å². The van der Waals surface area contributed by atoms with Crippen LogP contribution in [0.2, 0.25) is 5.02 Å². The smallest absolute Gasteiger partial charge is 0.318 e. The molecule has 4 rings (SSSR count). The normalized spacial score (nSPS) is 16.3. The first-order valence-corrected chi connectivity index (χ1v) is 9.76. The molecule has 1 aliphatic rings. The van der Waals surface area contributed by atoms with Crippen LogP contribution in [0.5, 0.6) is 0 Å². The molecule has 6 nitrogen and oxygen atoms in total. The van der Waals surface area contributed by atoms with Gasteiger partial charge in [0.1, 0.15) is 6.04 Å². The minimum Gasteiger partial charge on any atom is -0.338 e. The van der Waals surface area contributed by atoms with Crippen molar-refractivity contribution >= 4 is 17.6 Å². The van der Waals surface area contributed by atoms with Gasteiger partial charge in [0.2, 0.25) is 11.7 Å². The summed E-state index contributed by atoms with van der Waals surface area (Å²) in [4.78, 5) is 18.9. The molecule has 1 aliphatic heterocycles. The van der Waals surface area contributed by atoms with Gasteiger partial charge in [0.05, 0.1) is 0 Å². The van der Waals surface area contributed by atoms with Gasteiger partial charge in [-0.25, -0.2) is 4.79 Å². The lowest BCUT2D eigenvalue weighted by Gasteiger charge is -2.22. The molecule has 0 bridgehead atoms. The van der Waals surface area contributed by atoms with E-state index in [4.69, 9.17) is 16.1 Å². The van der Waals surface area contributed by atoms with Crippen molar-refractivity contribution in [3.05, 3.63) is 71.1 Å². The van der Waals surface area contributed by atoms with E-state index in [0.29, 0.717) is 29.8 Å². The molecule has 0 spiro atoms. The quantitative estimate of drug-likeness (QED) is 0.690. The third kappa shape index (κ3) is 4.17. The van der Waals surface area contributed by atoms with Crippen LogP contribution in [0.1, 0.15) is 30.3 Å². The molecular formula is C21H21ClN4O2. The summed E-state index contributed by atoms with van der Waals surface area (Å²) in [5, 5.41) is 7.68. The van der Waals surface area contributed by atoms with Crippen molar-refractivity contribution in [3.8, 4) is 11.4 Å². The van der Waals surface area contributed by atoms with E-state index in [-0.39, 0.29) is 12.1 Å². The standard InChI is InChI=1S/C21H21ClN4O2/c22-17-9-4-8-16(14-17)19-24-20(28-25-19)18-10-5-13-26(18)21(27)23-12-11-15-6-2-1-3-7-15/h1-4,6-9,14,18H,5,10-13H2,(H,23,27)/t18-/m0/s1. The van der Waals surface area contributed by atoms with Crippen molar-refractivity contribution in [3.63, 3.8) is 0 Å². The molecule has 3 aromatic rings. The second-order valence-electron chi connectivity index (χ2n) is 6.79. The number of carbonyl (C=O) groups excluding carboxylic acids is 1. The van der Waals surface area contributed by atoms with Crippen molar-refractivity contribution in [2.45, 2.75) is 25.3 Å². The zero-order valence-electron chi connectivity index (χ0n) is 15.3. The van der Waals surface area contributed by atoms with Gasteiger partial charge in [0.15, 0.2) is 0 Å². The summed E-state index contributed by atoms with van der Waals surface area (Å²) in [6, 6.07) is 17.1. The molecule has 1 N–H and O–H groups in total. The molecule has 2 aromatic carbocycles. The Morgan fingerprint density at radius 1 is 1.21 bits per heavy atom. The maximum atomic E-state index is 12.6. The predicted octanol–water partition coefficient (Wildman–Crippen LogP) is 4.48. The zero-order valence-corrected chi connectivity index (χ0v) is 16.1. The highest BCUT2D eigenvalue weighted by atomic mass is 35.5. The average molecular weight is 397 g/mol. The Morgan fingerprint density at radius 2 is 2.07 bits per heavy atom. The van der Waals surface area contributed by atoms with E-state index in [2.05, 4.69) is 27.6 Å². The Balaban J connectivity index is 1.40. The number of urea groups is 1. The Labute approximate surface area is 168 Å². The topological polar surface area (TPSA) is 71.3 Å². The van der Waals surface area contributed by atoms with Crippen LogP contribution in [0.25, 0.3) is 11.4 Å². The molecule has 0 unspecified atom stereocenters. The van der Waals surface area contributed by atoms with E-state index in [1.165, 1.54) is 5.56 Å². The van der Waals surface area contributed by atoms with E-state index in [9.17, 15) is 4.79 Å². The summed E-state index contributed by atoms with van der Waals surface area (Å²) in [5.74, 6) is 0.944. The van der Waals surface area contributed by atoms with Crippen molar-refractivity contribution in [2.75, 3.05) is 13.1 Å². The van der Waals surface area contributed by atoms with Crippen LogP contribution >= 0.6 is 11.6 Å². The molecule has 144 valence electrons. The van der Waals surface area contributed by atoms with Crippen LogP contribution in [0.4, 0.5) is 4.79 Å². The fourth-order valence-corrected chi connectivity index (χ4v) is 3.63. The summed E-state index contributed by atoms with van der Waals surface area (Å²) in [6.45, 7) is 1.26. The van der Waals surface area contributed by atoms with Gasteiger partial charge in [-0.2, -0.15) is 4.98 Å². The summed E-state index contributed by atoms with van der Waals surface area (Å²) < 4.78 is 5.47. The molecular weight excluding hydrogens is 376 g/mol. The lowest BCUT2D eigenvalue weighted by atomic mass is 10.1. The number of halogens is 1. The first kappa shape index (κ1) is 18.5. The SMILES string of the molecule is O=C(NCCc1ccccc1)N1CCC[C@H]1c1nc(-c2cccc(Cl)c2)no1. The lowest BCUT2D eigenvalue weighted by Crippen LogP contribution is -2.40. The minimum absolute atomic E-state index is 0.0964. The number of nitrogens with one attached hydrogen (secondary N) is 1. The number of rotatable bonds is 5. The molecule has 0 aliphatic carbocycles. The van der Waals surface area contributed by atoms with Gasteiger partial charge < -0.3 is 14.7 Å².